The third kappa shape index (κ3) is 2.86. The summed E-state index contributed by atoms with van der Waals surface area (Å²) in [6, 6.07) is 3.72. The number of benzene rings is 1. The normalized spacial score (nSPS) is 16.8. The van der Waals surface area contributed by atoms with Gasteiger partial charge in [0.25, 0.3) is 5.56 Å². The van der Waals surface area contributed by atoms with Crippen LogP contribution in [-0.4, -0.2) is 21.6 Å². The van der Waals surface area contributed by atoms with Gasteiger partial charge in [0.1, 0.15) is 5.82 Å². The van der Waals surface area contributed by atoms with E-state index in [1.54, 1.807) is 0 Å². The topological polar surface area (TPSA) is 74.8 Å². The lowest BCUT2D eigenvalue weighted by molar-refractivity contribution is -0.116. The molecule has 2 heterocycles. The minimum absolute atomic E-state index is 0.0238. The van der Waals surface area contributed by atoms with E-state index in [1.165, 1.54) is 23.9 Å². The van der Waals surface area contributed by atoms with Gasteiger partial charge in [-0.15, -0.1) is 0 Å². The SMILES string of the molecule is CCSc1nc2c(c(=O)[nH]1)C(c1cccc(F)c1F)CC(=O)N2. The molecule has 0 fully saturated rings. The van der Waals surface area contributed by atoms with Crippen molar-refractivity contribution < 1.29 is 13.6 Å². The lowest BCUT2D eigenvalue weighted by Gasteiger charge is -2.24. The minimum atomic E-state index is -1.05. The molecule has 1 atom stereocenters. The molecule has 1 aromatic heterocycles. The van der Waals surface area contributed by atoms with Crippen LogP contribution in [-0.2, 0) is 4.79 Å². The van der Waals surface area contributed by atoms with Gasteiger partial charge < -0.3 is 10.3 Å². The second-order valence-corrected chi connectivity index (χ2v) is 6.27. The molecule has 0 saturated carbocycles. The number of aromatic nitrogens is 2. The van der Waals surface area contributed by atoms with Crippen LogP contribution in [0.5, 0.6) is 0 Å². The average molecular weight is 337 g/mol. The van der Waals surface area contributed by atoms with E-state index >= 15 is 0 Å². The van der Waals surface area contributed by atoms with E-state index in [-0.39, 0.29) is 23.4 Å². The van der Waals surface area contributed by atoms with Crippen molar-refractivity contribution in [2.24, 2.45) is 0 Å². The number of carbonyl (C=O) groups excluding carboxylic acids is 1. The van der Waals surface area contributed by atoms with Crippen molar-refractivity contribution in [1.29, 1.82) is 0 Å². The highest BCUT2D eigenvalue weighted by atomic mass is 32.2. The Labute approximate surface area is 134 Å². The van der Waals surface area contributed by atoms with Gasteiger partial charge in [-0.2, -0.15) is 0 Å². The Balaban J connectivity index is 2.17. The second-order valence-electron chi connectivity index (χ2n) is 5.01. The molecule has 5 nitrogen and oxygen atoms in total. The molecule has 1 aliphatic heterocycles. The summed E-state index contributed by atoms with van der Waals surface area (Å²) in [6.45, 7) is 1.90. The molecule has 1 amide bonds. The van der Waals surface area contributed by atoms with Crippen LogP contribution in [0.2, 0.25) is 0 Å². The van der Waals surface area contributed by atoms with E-state index in [4.69, 9.17) is 0 Å². The maximum atomic E-state index is 14.1. The maximum Gasteiger partial charge on any atom is 0.257 e. The average Bonchev–Trinajstić information content (AvgIpc) is 2.49. The fraction of sp³-hybridized carbons (Fsp3) is 0.267. The Bertz CT molecular complexity index is 838. The van der Waals surface area contributed by atoms with E-state index in [1.807, 2.05) is 6.92 Å². The summed E-state index contributed by atoms with van der Waals surface area (Å²) in [7, 11) is 0. The first kappa shape index (κ1) is 15.7. The fourth-order valence-electron chi connectivity index (χ4n) is 2.61. The number of aromatic amines is 1. The summed E-state index contributed by atoms with van der Waals surface area (Å²) in [5.41, 5.74) is -0.335. The van der Waals surface area contributed by atoms with E-state index in [9.17, 15) is 18.4 Å². The summed E-state index contributed by atoms with van der Waals surface area (Å²) in [6.07, 6.45) is -0.140. The molecule has 0 aliphatic carbocycles. The van der Waals surface area contributed by atoms with Crippen molar-refractivity contribution in [3.63, 3.8) is 0 Å². The van der Waals surface area contributed by atoms with Gasteiger partial charge >= 0.3 is 0 Å². The Morgan fingerprint density at radius 2 is 2.13 bits per heavy atom. The van der Waals surface area contributed by atoms with Gasteiger partial charge in [-0.3, -0.25) is 9.59 Å². The van der Waals surface area contributed by atoms with E-state index in [0.29, 0.717) is 10.9 Å². The van der Waals surface area contributed by atoms with Crippen molar-refractivity contribution in [2.75, 3.05) is 11.1 Å². The highest BCUT2D eigenvalue weighted by molar-refractivity contribution is 7.99. The number of anilines is 1. The van der Waals surface area contributed by atoms with Crippen LogP contribution in [0, 0.1) is 11.6 Å². The van der Waals surface area contributed by atoms with Crippen LogP contribution in [0.25, 0.3) is 0 Å². The molecular weight excluding hydrogens is 324 g/mol. The molecule has 0 spiro atoms. The number of hydrogen-bond donors (Lipinski definition) is 2. The van der Waals surface area contributed by atoms with Crippen molar-refractivity contribution >= 4 is 23.5 Å². The van der Waals surface area contributed by atoms with Crippen molar-refractivity contribution in [3.05, 3.63) is 51.3 Å². The first-order chi connectivity index (χ1) is 11.0. The van der Waals surface area contributed by atoms with Crippen LogP contribution in [0.1, 0.15) is 30.4 Å². The monoisotopic (exact) mass is 337 g/mol. The quantitative estimate of drug-likeness (QED) is 0.667. The lowest BCUT2D eigenvalue weighted by Crippen LogP contribution is -2.31. The highest BCUT2D eigenvalue weighted by Crippen LogP contribution is 2.35. The third-order valence-electron chi connectivity index (χ3n) is 3.57. The van der Waals surface area contributed by atoms with Crippen molar-refractivity contribution in [3.8, 4) is 0 Å². The Hall–Kier alpha value is -2.22. The van der Waals surface area contributed by atoms with E-state index < -0.39 is 29.0 Å². The predicted molar refractivity (Wildman–Crippen MR) is 82.7 cm³/mol. The summed E-state index contributed by atoms with van der Waals surface area (Å²) < 4.78 is 27.6. The standard InChI is InChI=1S/C15H13F2N3O2S/c1-2-23-15-19-13-11(14(22)20-15)8(6-10(21)18-13)7-4-3-5-9(16)12(7)17/h3-5,8H,2,6H2,1H3,(H2,18,19,20,21,22). The largest absolute Gasteiger partial charge is 0.310 e. The molecular formula is C15H13F2N3O2S. The number of thioether (sulfide) groups is 1. The number of H-pyrrole nitrogens is 1. The number of nitrogens with zero attached hydrogens (tertiary/aromatic N) is 1. The zero-order valence-corrected chi connectivity index (χ0v) is 13.0. The van der Waals surface area contributed by atoms with Crippen molar-refractivity contribution in [2.45, 2.75) is 24.4 Å². The van der Waals surface area contributed by atoms with Gasteiger partial charge in [0, 0.05) is 12.3 Å². The van der Waals surface area contributed by atoms with Gasteiger partial charge in [0.15, 0.2) is 16.8 Å². The van der Waals surface area contributed by atoms with Crippen LogP contribution >= 0.6 is 11.8 Å². The smallest absolute Gasteiger partial charge is 0.257 e. The molecule has 3 rings (SSSR count). The number of carbonyl (C=O) groups is 1. The highest BCUT2D eigenvalue weighted by Gasteiger charge is 2.33. The molecule has 1 aliphatic rings. The molecule has 2 aromatic rings. The number of rotatable bonds is 3. The van der Waals surface area contributed by atoms with Crippen LogP contribution < -0.4 is 10.9 Å². The van der Waals surface area contributed by atoms with E-state index in [2.05, 4.69) is 15.3 Å². The van der Waals surface area contributed by atoms with Crippen LogP contribution in [0.3, 0.4) is 0 Å². The number of hydrogen-bond acceptors (Lipinski definition) is 4. The van der Waals surface area contributed by atoms with Crippen molar-refractivity contribution in [1.82, 2.24) is 9.97 Å². The van der Waals surface area contributed by atoms with Gasteiger partial charge in [-0.05, 0) is 17.4 Å². The summed E-state index contributed by atoms with van der Waals surface area (Å²) in [4.78, 5) is 31.1. The molecule has 23 heavy (non-hydrogen) atoms. The van der Waals surface area contributed by atoms with Gasteiger partial charge in [0.2, 0.25) is 5.91 Å². The zero-order chi connectivity index (χ0) is 16.6. The molecule has 1 unspecified atom stereocenters. The predicted octanol–water partition coefficient (Wildman–Crippen LogP) is 2.63. The summed E-state index contributed by atoms with van der Waals surface area (Å²) in [5, 5.41) is 2.91. The summed E-state index contributed by atoms with van der Waals surface area (Å²) >= 11 is 1.31. The Morgan fingerprint density at radius 1 is 1.35 bits per heavy atom. The van der Waals surface area contributed by atoms with Gasteiger partial charge in [0.05, 0.1) is 5.56 Å². The molecule has 2 N–H and O–H groups in total. The maximum absolute atomic E-state index is 14.1. The minimum Gasteiger partial charge on any atom is -0.310 e. The number of fused-ring (bicyclic) bond motifs is 1. The van der Waals surface area contributed by atoms with Crippen LogP contribution in [0.4, 0.5) is 14.6 Å². The fourth-order valence-corrected chi connectivity index (χ4v) is 3.21. The lowest BCUT2D eigenvalue weighted by atomic mass is 9.86. The van der Waals surface area contributed by atoms with Gasteiger partial charge in [-0.25, -0.2) is 13.8 Å². The first-order valence-corrected chi connectivity index (χ1v) is 8.00. The van der Waals surface area contributed by atoms with Gasteiger partial charge in [-0.1, -0.05) is 30.8 Å². The molecule has 120 valence electrons. The summed E-state index contributed by atoms with van der Waals surface area (Å²) in [5.74, 6) is -2.53. The molecule has 0 saturated heterocycles. The molecule has 8 heteroatoms. The zero-order valence-electron chi connectivity index (χ0n) is 12.2. The molecule has 0 bridgehead atoms. The van der Waals surface area contributed by atoms with Crippen LogP contribution in [0.15, 0.2) is 28.2 Å². The first-order valence-electron chi connectivity index (χ1n) is 7.02. The second kappa shape index (κ2) is 6.11. The third-order valence-corrected chi connectivity index (χ3v) is 4.32. The Kier molecular flexibility index (Phi) is 4.16. The number of nitrogens with one attached hydrogen (secondary N) is 2. The molecule has 1 aromatic carbocycles. The molecule has 0 radical (unpaired) electrons. The number of amides is 1. The number of halogens is 2. The van der Waals surface area contributed by atoms with E-state index in [0.717, 1.165) is 6.07 Å². The Morgan fingerprint density at radius 3 is 2.87 bits per heavy atom.